The van der Waals surface area contributed by atoms with Crippen LogP contribution in [0, 0.1) is 11.3 Å². The quantitative estimate of drug-likeness (QED) is 0.361. The Balaban J connectivity index is 1.08. The SMILES string of the molecule is N#Cc1ccc2[nH]cc(CCCCN3CC=C(NC(=O)c4ccc5[nH]ccc5c4)CC3)c2c1. The van der Waals surface area contributed by atoms with Crippen LogP contribution in [-0.4, -0.2) is 40.4 Å². The molecule has 0 saturated heterocycles. The molecule has 3 N–H and O–H groups in total. The van der Waals surface area contributed by atoms with E-state index < -0.39 is 0 Å². The van der Waals surface area contributed by atoms with Crippen molar-refractivity contribution >= 4 is 27.7 Å². The lowest BCUT2D eigenvalue weighted by Crippen LogP contribution is -2.34. The minimum Gasteiger partial charge on any atom is -0.361 e. The zero-order valence-corrected chi connectivity index (χ0v) is 18.5. The zero-order chi connectivity index (χ0) is 22.6. The largest absolute Gasteiger partial charge is 0.361 e. The van der Waals surface area contributed by atoms with E-state index in [-0.39, 0.29) is 5.91 Å². The first-order valence-electron chi connectivity index (χ1n) is 11.5. The van der Waals surface area contributed by atoms with Gasteiger partial charge in [-0.25, -0.2) is 0 Å². The molecule has 6 heteroatoms. The third-order valence-corrected chi connectivity index (χ3v) is 6.45. The number of H-pyrrole nitrogens is 2. The number of aryl methyl sites for hydroxylation is 1. The predicted molar refractivity (Wildman–Crippen MR) is 131 cm³/mol. The van der Waals surface area contributed by atoms with E-state index in [1.807, 2.05) is 48.7 Å². The van der Waals surface area contributed by atoms with Crippen LogP contribution in [-0.2, 0) is 6.42 Å². The van der Waals surface area contributed by atoms with Crippen molar-refractivity contribution in [2.24, 2.45) is 0 Å². The van der Waals surface area contributed by atoms with Gasteiger partial charge in [0, 0.05) is 65.0 Å². The Morgan fingerprint density at radius 1 is 1.09 bits per heavy atom. The molecule has 4 aromatic rings. The minimum atomic E-state index is -0.0453. The van der Waals surface area contributed by atoms with Gasteiger partial charge in [0.25, 0.3) is 5.91 Å². The van der Waals surface area contributed by atoms with Crippen LogP contribution >= 0.6 is 0 Å². The molecule has 0 bridgehead atoms. The second-order valence-electron chi connectivity index (χ2n) is 8.66. The maximum atomic E-state index is 12.6. The summed E-state index contributed by atoms with van der Waals surface area (Å²) in [6.07, 6.45) is 10.2. The van der Waals surface area contributed by atoms with Crippen LogP contribution in [0.5, 0.6) is 0 Å². The van der Waals surface area contributed by atoms with E-state index in [0.717, 1.165) is 72.8 Å². The number of carbonyl (C=O) groups is 1. The Morgan fingerprint density at radius 3 is 2.85 bits per heavy atom. The number of nitrogens with zero attached hydrogens (tertiary/aromatic N) is 2. The summed E-state index contributed by atoms with van der Waals surface area (Å²) in [4.78, 5) is 21.5. The van der Waals surface area contributed by atoms with Crippen molar-refractivity contribution in [2.45, 2.75) is 25.7 Å². The molecule has 2 aromatic carbocycles. The van der Waals surface area contributed by atoms with Gasteiger partial charge in [-0.3, -0.25) is 9.69 Å². The first-order chi connectivity index (χ1) is 16.2. The van der Waals surface area contributed by atoms with E-state index in [4.69, 9.17) is 5.26 Å². The van der Waals surface area contributed by atoms with Crippen molar-refractivity contribution in [3.05, 3.63) is 83.3 Å². The molecule has 1 amide bonds. The lowest BCUT2D eigenvalue weighted by atomic mass is 10.0. The first kappa shape index (κ1) is 21.0. The van der Waals surface area contributed by atoms with E-state index in [0.29, 0.717) is 11.1 Å². The molecule has 1 aliphatic heterocycles. The average Bonchev–Trinajstić information content (AvgIpc) is 3.48. The van der Waals surface area contributed by atoms with E-state index in [1.54, 1.807) is 0 Å². The third kappa shape index (κ3) is 4.69. The fraction of sp³-hybridized carbons (Fsp3) is 0.259. The highest BCUT2D eigenvalue weighted by Gasteiger charge is 2.15. The molecular formula is C27H27N5O. The maximum absolute atomic E-state index is 12.6. The number of aromatic amines is 2. The molecule has 166 valence electrons. The van der Waals surface area contributed by atoms with Crippen LogP contribution in [0.2, 0.25) is 0 Å². The van der Waals surface area contributed by atoms with Crippen molar-refractivity contribution in [3.8, 4) is 6.07 Å². The molecule has 2 aromatic heterocycles. The summed E-state index contributed by atoms with van der Waals surface area (Å²) in [5, 5.41) is 14.4. The van der Waals surface area contributed by atoms with E-state index in [1.165, 1.54) is 5.56 Å². The number of amides is 1. The highest BCUT2D eigenvalue weighted by molar-refractivity contribution is 5.98. The predicted octanol–water partition coefficient (Wildman–Crippen LogP) is 4.86. The standard InChI is InChI=1S/C27H27N5O/c28-17-19-4-6-26-24(15-19)22(18-30-26)3-1-2-12-32-13-9-23(10-14-32)31-27(33)21-5-7-25-20(16-21)8-11-29-25/h4-9,11,15-16,18,29-30H,1-3,10,12-14H2,(H,31,33). The Labute approximate surface area is 192 Å². The number of rotatable bonds is 7. The van der Waals surface area contributed by atoms with Crippen molar-refractivity contribution in [2.75, 3.05) is 19.6 Å². The zero-order valence-electron chi connectivity index (χ0n) is 18.5. The molecule has 33 heavy (non-hydrogen) atoms. The van der Waals surface area contributed by atoms with Gasteiger partial charge in [0.05, 0.1) is 11.6 Å². The fourth-order valence-corrected chi connectivity index (χ4v) is 4.55. The molecule has 3 heterocycles. The molecule has 5 rings (SSSR count). The smallest absolute Gasteiger partial charge is 0.255 e. The van der Waals surface area contributed by atoms with Crippen LogP contribution in [0.15, 0.2) is 66.6 Å². The summed E-state index contributed by atoms with van der Waals surface area (Å²) in [5.41, 5.74) is 5.81. The van der Waals surface area contributed by atoms with Gasteiger partial charge in [-0.1, -0.05) is 6.08 Å². The Kier molecular flexibility index (Phi) is 5.97. The van der Waals surface area contributed by atoms with Crippen molar-refractivity contribution in [3.63, 3.8) is 0 Å². The van der Waals surface area contributed by atoms with Gasteiger partial charge >= 0.3 is 0 Å². The van der Waals surface area contributed by atoms with Gasteiger partial charge in [0.1, 0.15) is 0 Å². The molecule has 6 nitrogen and oxygen atoms in total. The van der Waals surface area contributed by atoms with Crippen LogP contribution in [0.25, 0.3) is 21.8 Å². The number of unbranched alkanes of at least 4 members (excludes halogenated alkanes) is 1. The number of carbonyl (C=O) groups excluding carboxylic acids is 1. The number of benzene rings is 2. The number of hydrogen-bond donors (Lipinski definition) is 3. The van der Waals surface area contributed by atoms with E-state index in [2.05, 4.69) is 38.5 Å². The number of aromatic nitrogens is 2. The molecule has 0 fully saturated rings. The van der Waals surface area contributed by atoms with E-state index >= 15 is 0 Å². The molecule has 0 aliphatic carbocycles. The maximum Gasteiger partial charge on any atom is 0.255 e. The van der Waals surface area contributed by atoms with E-state index in [9.17, 15) is 4.79 Å². The molecular weight excluding hydrogens is 410 g/mol. The molecule has 0 spiro atoms. The molecule has 0 radical (unpaired) electrons. The van der Waals surface area contributed by atoms with Crippen LogP contribution < -0.4 is 5.32 Å². The Morgan fingerprint density at radius 2 is 2.00 bits per heavy atom. The lowest BCUT2D eigenvalue weighted by Gasteiger charge is -2.26. The third-order valence-electron chi connectivity index (χ3n) is 6.45. The average molecular weight is 438 g/mol. The number of nitrogens with one attached hydrogen (secondary N) is 3. The van der Waals surface area contributed by atoms with Gasteiger partial charge in [-0.2, -0.15) is 5.26 Å². The Bertz CT molecular complexity index is 1370. The van der Waals surface area contributed by atoms with Crippen LogP contribution in [0.4, 0.5) is 0 Å². The summed E-state index contributed by atoms with van der Waals surface area (Å²) in [6.45, 7) is 2.88. The number of fused-ring (bicyclic) bond motifs is 2. The van der Waals surface area contributed by atoms with Gasteiger partial charge < -0.3 is 15.3 Å². The monoisotopic (exact) mass is 437 g/mol. The number of nitriles is 1. The van der Waals surface area contributed by atoms with Crippen LogP contribution in [0.3, 0.4) is 0 Å². The Hall–Kier alpha value is -3.82. The second kappa shape index (κ2) is 9.35. The lowest BCUT2D eigenvalue weighted by molar-refractivity contribution is 0.0962. The van der Waals surface area contributed by atoms with Crippen molar-refractivity contribution < 1.29 is 4.79 Å². The van der Waals surface area contributed by atoms with Crippen molar-refractivity contribution in [1.82, 2.24) is 20.2 Å². The second-order valence-corrected chi connectivity index (χ2v) is 8.66. The summed E-state index contributed by atoms with van der Waals surface area (Å²) in [7, 11) is 0. The summed E-state index contributed by atoms with van der Waals surface area (Å²) in [6, 6.07) is 15.7. The highest BCUT2D eigenvalue weighted by atomic mass is 16.1. The van der Waals surface area contributed by atoms with Gasteiger partial charge in [-0.15, -0.1) is 0 Å². The van der Waals surface area contributed by atoms with Crippen LogP contribution in [0.1, 0.15) is 40.7 Å². The molecule has 1 aliphatic rings. The molecule has 0 saturated carbocycles. The van der Waals surface area contributed by atoms with Gasteiger partial charge in [0.15, 0.2) is 0 Å². The summed E-state index contributed by atoms with van der Waals surface area (Å²) < 4.78 is 0. The fourth-order valence-electron chi connectivity index (χ4n) is 4.55. The van der Waals surface area contributed by atoms with Gasteiger partial charge in [-0.05, 0) is 73.8 Å². The minimum absolute atomic E-state index is 0.0453. The topological polar surface area (TPSA) is 87.7 Å². The molecule has 0 atom stereocenters. The number of hydrogen-bond acceptors (Lipinski definition) is 3. The normalized spacial score (nSPS) is 14.3. The van der Waals surface area contributed by atoms with Gasteiger partial charge in [0.2, 0.25) is 0 Å². The summed E-state index contributed by atoms with van der Waals surface area (Å²) >= 11 is 0. The highest BCUT2D eigenvalue weighted by Crippen LogP contribution is 2.22. The summed E-state index contributed by atoms with van der Waals surface area (Å²) in [5.74, 6) is -0.0453. The van der Waals surface area contributed by atoms with Crippen molar-refractivity contribution in [1.29, 1.82) is 5.26 Å². The molecule has 0 unspecified atom stereocenters. The first-order valence-corrected chi connectivity index (χ1v) is 11.5.